The maximum Gasteiger partial charge on any atom is 0.108 e. The van der Waals surface area contributed by atoms with Gasteiger partial charge < -0.3 is 14.8 Å². The predicted octanol–water partition coefficient (Wildman–Crippen LogP) is 0.883. The third kappa shape index (κ3) is 1.62. The minimum atomic E-state index is 0.234. The lowest BCUT2D eigenvalue weighted by molar-refractivity contribution is 0.218. The van der Waals surface area contributed by atoms with Crippen molar-refractivity contribution in [1.29, 1.82) is 0 Å². The van der Waals surface area contributed by atoms with Crippen molar-refractivity contribution < 1.29 is 9.52 Å². The minimum absolute atomic E-state index is 0.234. The minimum Gasteiger partial charge on any atom is -0.466 e. The van der Waals surface area contributed by atoms with E-state index in [1.54, 1.807) is 0 Å². The summed E-state index contributed by atoms with van der Waals surface area (Å²) in [6, 6.07) is 3.98. The van der Waals surface area contributed by atoms with Crippen LogP contribution in [0.1, 0.15) is 17.4 Å². The zero-order valence-corrected chi connectivity index (χ0v) is 7.79. The molecule has 72 valence electrons. The molecule has 13 heavy (non-hydrogen) atoms. The molecule has 2 rings (SSSR count). The number of rotatable bonds is 2. The van der Waals surface area contributed by atoms with Crippen molar-refractivity contribution in [2.45, 2.75) is 12.8 Å². The van der Waals surface area contributed by atoms with E-state index in [4.69, 9.17) is 9.52 Å². The molecule has 0 bridgehead atoms. The molecule has 3 nitrogen and oxygen atoms in total. The third-order valence-electron chi connectivity index (χ3n) is 2.70. The molecular formula is C10H15NO2. The van der Waals surface area contributed by atoms with Gasteiger partial charge in [-0.25, -0.2) is 0 Å². The van der Waals surface area contributed by atoms with E-state index < -0.39 is 0 Å². The van der Waals surface area contributed by atoms with Gasteiger partial charge in [-0.1, -0.05) is 0 Å². The Morgan fingerprint density at radius 1 is 1.54 bits per heavy atom. The van der Waals surface area contributed by atoms with Crippen LogP contribution in [0, 0.1) is 12.8 Å². The molecule has 1 aromatic heterocycles. The highest BCUT2D eigenvalue weighted by atomic mass is 16.3. The number of aliphatic hydroxyl groups is 1. The lowest BCUT2D eigenvalue weighted by Crippen LogP contribution is -2.14. The van der Waals surface area contributed by atoms with Crippen LogP contribution in [0.3, 0.4) is 0 Å². The molecule has 0 radical (unpaired) electrons. The van der Waals surface area contributed by atoms with Gasteiger partial charge in [-0.2, -0.15) is 0 Å². The van der Waals surface area contributed by atoms with Crippen molar-refractivity contribution in [3.8, 4) is 0 Å². The number of furan rings is 1. The highest BCUT2D eigenvalue weighted by Crippen LogP contribution is 2.28. The SMILES string of the molecule is Cc1ccc([C@@H]2CNC[C@H]2CO)o1. The van der Waals surface area contributed by atoms with Crippen LogP contribution >= 0.6 is 0 Å². The third-order valence-corrected chi connectivity index (χ3v) is 2.70. The second-order valence-electron chi connectivity index (χ2n) is 3.66. The summed E-state index contributed by atoms with van der Waals surface area (Å²) in [5.41, 5.74) is 0. The average molecular weight is 181 g/mol. The quantitative estimate of drug-likeness (QED) is 0.712. The Balaban J connectivity index is 2.15. The summed E-state index contributed by atoms with van der Waals surface area (Å²) in [7, 11) is 0. The molecule has 0 unspecified atom stereocenters. The van der Waals surface area contributed by atoms with Crippen molar-refractivity contribution in [3.63, 3.8) is 0 Å². The summed E-state index contributed by atoms with van der Waals surface area (Å²) in [5, 5.41) is 12.4. The first-order valence-corrected chi connectivity index (χ1v) is 4.69. The van der Waals surface area contributed by atoms with E-state index in [0.717, 1.165) is 24.6 Å². The Kier molecular flexibility index (Phi) is 2.38. The van der Waals surface area contributed by atoms with Gasteiger partial charge in [0.05, 0.1) is 0 Å². The zero-order valence-electron chi connectivity index (χ0n) is 7.79. The van der Waals surface area contributed by atoms with Crippen LogP contribution in [0.4, 0.5) is 0 Å². The van der Waals surface area contributed by atoms with E-state index in [9.17, 15) is 0 Å². The average Bonchev–Trinajstić information content (AvgIpc) is 2.71. The Hall–Kier alpha value is -0.800. The van der Waals surface area contributed by atoms with Gasteiger partial charge >= 0.3 is 0 Å². The Morgan fingerprint density at radius 2 is 2.38 bits per heavy atom. The number of hydrogen-bond donors (Lipinski definition) is 2. The van der Waals surface area contributed by atoms with Crippen molar-refractivity contribution in [3.05, 3.63) is 23.7 Å². The second-order valence-corrected chi connectivity index (χ2v) is 3.66. The molecular weight excluding hydrogens is 166 g/mol. The van der Waals surface area contributed by atoms with E-state index in [1.807, 2.05) is 19.1 Å². The normalized spacial score (nSPS) is 28.2. The van der Waals surface area contributed by atoms with Gasteiger partial charge in [0.15, 0.2) is 0 Å². The first-order chi connectivity index (χ1) is 6.31. The molecule has 1 aliphatic heterocycles. The van der Waals surface area contributed by atoms with E-state index in [0.29, 0.717) is 11.8 Å². The first kappa shape index (κ1) is 8.78. The highest BCUT2D eigenvalue weighted by Gasteiger charge is 2.29. The van der Waals surface area contributed by atoms with Crippen LogP contribution < -0.4 is 5.32 Å². The molecule has 1 saturated heterocycles. The van der Waals surface area contributed by atoms with Gasteiger partial charge in [0.25, 0.3) is 0 Å². The van der Waals surface area contributed by atoms with Crippen molar-refractivity contribution in [1.82, 2.24) is 5.32 Å². The molecule has 2 atom stereocenters. The van der Waals surface area contributed by atoms with E-state index >= 15 is 0 Å². The lowest BCUT2D eigenvalue weighted by atomic mass is 9.95. The molecule has 2 N–H and O–H groups in total. The Morgan fingerprint density at radius 3 is 3.00 bits per heavy atom. The topological polar surface area (TPSA) is 45.4 Å². The molecule has 0 spiro atoms. The van der Waals surface area contributed by atoms with Crippen LogP contribution in [0.5, 0.6) is 0 Å². The summed E-state index contributed by atoms with van der Waals surface area (Å²) in [6.45, 7) is 3.98. The van der Waals surface area contributed by atoms with Crippen LogP contribution in [-0.2, 0) is 0 Å². The molecule has 1 fully saturated rings. The van der Waals surface area contributed by atoms with Crippen molar-refractivity contribution in [2.24, 2.45) is 5.92 Å². The van der Waals surface area contributed by atoms with Crippen LogP contribution in [0.25, 0.3) is 0 Å². The smallest absolute Gasteiger partial charge is 0.108 e. The van der Waals surface area contributed by atoms with Gasteiger partial charge in [0, 0.05) is 31.5 Å². The second kappa shape index (κ2) is 3.52. The summed E-state index contributed by atoms with van der Waals surface area (Å²) < 4.78 is 5.55. The van der Waals surface area contributed by atoms with Crippen molar-refractivity contribution >= 4 is 0 Å². The first-order valence-electron chi connectivity index (χ1n) is 4.69. The summed E-state index contributed by atoms with van der Waals surface area (Å²) >= 11 is 0. The Labute approximate surface area is 77.8 Å². The van der Waals surface area contributed by atoms with E-state index in [-0.39, 0.29) is 6.61 Å². The molecule has 2 heterocycles. The molecule has 1 aromatic rings. The Bertz CT molecular complexity index is 282. The van der Waals surface area contributed by atoms with Gasteiger partial charge in [0.2, 0.25) is 0 Å². The number of hydrogen-bond acceptors (Lipinski definition) is 3. The van der Waals surface area contributed by atoms with Gasteiger partial charge in [-0.05, 0) is 19.1 Å². The predicted molar refractivity (Wildman–Crippen MR) is 49.6 cm³/mol. The maximum atomic E-state index is 9.12. The van der Waals surface area contributed by atoms with E-state index in [2.05, 4.69) is 5.32 Å². The van der Waals surface area contributed by atoms with Gasteiger partial charge in [0.1, 0.15) is 11.5 Å². The maximum absolute atomic E-state index is 9.12. The monoisotopic (exact) mass is 181 g/mol. The number of aryl methyl sites for hydroxylation is 1. The molecule has 0 saturated carbocycles. The fourth-order valence-electron chi connectivity index (χ4n) is 1.91. The van der Waals surface area contributed by atoms with Gasteiger partial charge in [-0.3, -0.25) is 0 Å². The summed E-state index contributed by atoms with van der Waals surface area (Å²) in [5.74, 6) is 2.60. The molecule has 1 aliphatic rings. The fourth-order valence-corrected chi connectivity index (χ4v) is 1.91. The standard InChI is InChI=1S/C10H15NO2/c1-7-2-3-10(13-7)9-5-11-4-8(9)6-12/h2-3,8-9,11-12H,4-6H2,1H3/t8-,9+/m0/s1. The van der Waals surface area contributed by atoms with Crippen LogP contribution in [0.15, 0.2) is 16.5 Å². The van der Waals surface area contributed by atoms with Crippen LogP contribution in [-0.4, -0.2) is 24.8 Å². The van der Waals surface area contributed by atoms with Crippen molar-refractivity contribution in [2.75, 3.05) is 19.7 Å². The largest absolute Gasteiger partial charge is 0.466 e. The number of nitrogens with one attached hydrogen (secondary N) is 1. The zero-order chi connectivity index (χ0) is 9.26. The molecule has 0 aromatic carbocycles. The lowest BCUT2D eigenvalue weighted by Gasteiger charge is -2.12. The number of aliphatic hydroxyl groups excluding tert-OH is 1. The van der Waals surface area contributed by atoms with Gasteiger partial charge in [-0.15, -0.1) is 0 Å². The molecule has 0 aliphatic carbocycles. The molecule has 0 amide bonds. The van der Waals surface area contributed by atoms with E-state index in [1.165, 1.54) is 0 Å². The molecule has 3 heteroatoms. The highest BCUT2D eigenvalue weighted by molar-refractivity contribution is 5.13. The fraction of sp³-hybridized carbons (Fsp3) is 0.600. The summed E-state index contributed by atoms with van der Waals surface area (Å²) in [4.78, 5) is 0. The van der Waals surface area contributed by atoms with Crippen LogP contribution in [0.2, 0.25) is 0 Å². The summed E-state index contributed by atoms with van der Waals surface area (Å²) in [6.07, 6.45) is 0.